The molecule has 10 aromatic carbocycles. The van der Waals surface area contributed by atoms with E-state index in [-0.39, 0.29) is 0 Å². The normalized spacial score (nSPS) is 11.9. The highest BCUT2D eigenvalue weighted by Gasteiger charge is 2.21. The highest BCUT2D eigenvalue weighted by molar-refractivity contribution is 6.18. The molecule has 0 aliphatic heterocycles. The molecule has 0 saturated carbocycles. The monoisotopic (exact) mass is 793 g/mol. The highest BCUT2D eigenvalue weighted by Crippen LogP contribution is 2.46. The molecule has 0 unspecified atom stereocenters. The molecule has 0 spiro atoms. The van der Waals surface area contributed by atoms with Gasteiger partial charge in [0.05, 0.1) is 5.69 Å². The van der Waals surface area contributed by atoms with E-state index in [4.69, 9.17) is 13.3 Å². The van der Waals surface area contributed by atoms with Crippen LogP contribution in [0.4, 0.5) is 17.1 Å². The van der Waals surface area contributed by atoms with Crippen molar-refractivity contribution in [2.24, 2.45) is 0 Å². The van der Waals surface area contributed by atoms with Gasteiger partial charge in [0.2, 0.25) is 0 Å². The van der Waals surface area contributed by atoms with E-state index in [1.54, 1.807) is 0 Å². The minimum absolute atomic E-state index is 0.875. The first-order valence-electron chi connectivity index (χ1n) is 21.0. The lowest BCUT2D eigenvalue weighted by atomic mass is 9.98. The van der Waals surface area contributed by atoms with Gasteiger partial charge in [-0.15, -0.1) is 0 Å². The largest absolute Gasteiger partial charge is 0.456 e. The maximum Gasteiger partial charge on any atom is 0.143 e. The number of furan rings is 3. The molecular weight excluding hydrogens is 759 g/mol. The van der Waals surface area contributed by atoms with Crippen molar-refractivity contribution in [1.29, 1.82) is 0 Å². The smallest absolute Gasteiger partial charge is 0.143 e. The fraction of sp³-hybridized carbons (Fsp3) is 0. The summed E-state index contributed by atoms with van der Waals surface area (Å²) in [6, 6.07) is 75.1. The molecule has 13 rings (SSSR count). The van der Waals surface area contributed by atoms with Gasteiger partial charge in [0.1, 0.15) is 33.5 Å². The number of hydrogen-bond acceptors (Lipinski definition) is 4. The molecular formula is C58H35NO3. The molecule has 0 aliphatic rings. The van der Waals surface area contributed by atoms with Gasteiger partial charge >= 0.3 is 0 Å². The number of nitrogens with zero attached hydrogens (tertiary/aromatic N) is 1. The predicted octanol–water partition coefficient (Wildman–Crippen LogP) is 17.0. The van der Waals surface area contributed by atoms with Crippen LogP contribution >= 0.6 is 0 Å². The van der Waals surface area contributed by atoms with Crippen LogP contribution < -0.4 is 4.90 Å². The van der Waals surface area contributed by atoms with Crippen molar-refractivity contribution in [2.45, 2.75) is 0 Å². The number of hydrogen-bond donors (Lipinski definition) is 0. The molecule has 0 bridgehead atoms. The summed E-state index contributed by atoms with van der Waals surface area (Å²) in [6.45, 7) is 0. The molecule has 0 saturated heterocycles. The lowest BCUT2D eigenvalue weighted by Crippen LogP contribution is -2.11. The quantitative estimate of drug-likeness (QED) is 0.168. The molecule has 0 fully saturated rings. The Kier molecular flexibility index (Phi) is 7.57. The van der Waals surface area contributed by atoms with Crippen molar-refractivity contribution in [3.8, 4) is 33.4 Å². The summed E-state index contributed by atoms with van der Waals surface area (Å²) in [4.78, 5) is 2.36. The predicted molar refractivity (Wildman–Crippen MR) is 257 cm³/mol. The molecule has 3 aromatic heterocycles. The van der Waals surface area contributed by atoms with E-state index < -0.39 is 0 Å². The average molecular weight is 794 g/mol. The van der Waals surface area contributed by atoms with Crippen LogP contribution in [-0.2, 0) is 0 Å². The Hall–Kier alpha value is -8.34. The number of rotatable bonds is 6. The van der Waals surface area contributed by atoms with Crippen molar-refractivity contribution in [3.05, 3.63) is 212 Å². The van der Waals surface area contributed by atoms with Gasteiger partial charge < -0.3 is 18.2 Å². The molecule has 0 N–H and O–H groups in total. The number of para-hydroxylation sites is 4. The Balaban J connectivity index is 0.953. The average Bonchev–Trinajstić information content (AvgIpc) is 4.03. The van der Waals surface area contributed by atoms with Gasteiger partial charge in [0, 0.05) is 60.2 Å². The molecule has 4 heteroatoms. The van der Waals surface area contributed by atoms with Gasteiger partial charge in [-0.25, -0.2) is 0 Å². The Labute approximate surface area is 356 Å². The Morgan fingerprint density at radius 1 is 0.274 bits per heavy atom. The van der Waals surface area contributed by atoms with E-state index in [0.717, 1.165) is 127 Å². The Morgan fingerprint density at radius 2 is 0.790 bits per heavy atom. The van der Waals surface area contributed by atoms with Crippen molar-refractivity contribution in [3.63, 3.8) is 0 Å². The maximum atomic E-state index is 6.90. The fourth-order valence-corrected chi connectivity index (χ4v) is 9.48. The standard InChI is InChI=1S/C58H35NO3/c1-2-11-43-38(10-1)24-32-50-49-16-9-15-48(58(49)62-57(43)50)44-12-3-6-17-52(44)59(41-27-20-36(21-28-41)39-26-33-55-51(34-39)46-14-5-8-19-54(46)60-55)42-29-22-37(23-30-42)40-25-31-47-45-13-4-7-18-53(45)61-56(47)35-40/h1-35H. The summed E-state index contributed by atoms with van der Waals surface area (Å²) in [5.74, 6) is 0. The first-order chi connectivity index (χ1) is 30.7. The maximum absolute atomic E-state index is 6.90. The van der Waals surface area contributed by atoms with Crippen molar-refractivity contribution in [1.82, 2.24) is 0 Å². The van der Waals surface area contributed by atoms with Crippen LogP contribution in [0.2, 0.25) is 0 Å². The van der Waals surface area contributed by atoms with Crippen molar-refractivity contribution < 1.29 is 13.3 Å². The van der Waals surface area contributed by atoms with Gasteiger partial charge in [-0.3, -0.25) is 0 Å². The van der Waals surface area contributed by atoms with Gasteiger partial charge in [0.15, 0.2) is 0 Å². The zero-order valence-electron chi connectivity index (χ0n) is 33.4. The molecule has 0 radical (unpaired) electrons. The molecule has 0 amide bonds. The van der Waals surface area contributed by atoms with Crippen LogP contribution in [0.15, 0.2) is 226 Å². The van der Waals surface area contributed by atoms with E-state index in [0.29, 0.717) is 0 Å². The topological polar surface area (TPSA) is 42.7 Å². The second-order valence-electron chi connectivity index (χ2n) is 16.0. The minimum Gasteiger partial charge on any atom is -0.456 e. The lowest BCUT2D eigenvalue weighted by Gasteiger charge is -2.28. The van der Waals surface area contributed by atoms with Crippen LogP contribution in [-0.4, -0.2) is 0 Å². The summed E-state index contributed by atoms with van der Waals surface area (Å²) in [7, 11) is 0. The van der Waals surface area contributed by atoms with E-state index >= 15 is 0 Å². The van der Waals surface area contributed by atoms with Gasteiger partial charge in [0.25, 0.3) is 0 Å². The van der Waals surface area contributed by atoms with Gasteiger partial charge in [-0.2, -0.15) is 0 Å². The third-order valence-electron chi connectivity index (χ3n) is 12.5. The Bertz CT molecular complexity index is 3870. The Morgan fingerprint density at radius 3 is 1.56 bits per heavy atom. The van der Waals surface area contributed by atoms with E-state index in [2.05, 4.69) is 193 Å². The second-order valence-corrected chi connectivity index (χ2v) is 16.0. The first kappa shape index (κ1) is 34.5. The van der Waals surface area contributed by atoms with E-state index in [9.17, 15) is 0 Å². The lowest BCUT2D eigenvalue weighted by molar-refractivity contribution is 0.668. The van der Waals surface area contributed by atoms with Gasteiger partial charge in [-0.1, -0.05) is 140 Å². The number of fused-ring (bicyclic) bond motifs is 11. The van der Waals surface area contributed by atoms with Crippen molar-refractivity contribution in [2.75, 3.05) is 4.90 Å². The molecule has 0 aliphatic carbocycles. The second kappa shape index (κ2) is 13.6. The fourth-order valence-electron chi connectivity index (χ4n) is 9.48. The van der Waals surface area contributed by atoms with Crippen molar-refractivity contribution >= 4 is 93.7 Å². The summed E-state index contributed by atoms with van der Waals surface area (Å²) in [5, 5.41) is 8.98. The van der Waals surface area contributed by atoms with Crippen LogP contribution in [0.25, 0.3) is 110 Å². The molecule has 4 nitrogen and oxygen atoms in total. The molecule has 0 atom stereocenters. The summed E-state index contributed by atoms with van der Waals surface area (Å²) in [5.41, 5.74) is 15.1. The van der Waals surface area contributed by atoms with Crippen LogP contribution in [0.5, 0.6) is 0 Å². The molecule has 290 valence electrons. The van der Waals surface area contributed by atoms with Crippen LogP contribution in [0.1, 0.15) is 0 Å². The molecule has 3 heterocycles. The minimum atomic E-state index is 0.875. The molecule has 13 aromatic rings. The summed E-state index contributed by atoms with van der Waals surface area (Å²) in [6.07, 6.45) is 0. The molecule has 62 heavy (non-hydrogen) atoms. The summed E-state index contributed by atoms with van der Waals surface area (Å²) >= 11 is 0. The third-order valence-corrected chi connectivity index (χ3v) is 12.5. The number of benzene rings is 10. The summed E-state index contributed by atoms with van der Waals surface area (Å²) < 4.78 is 19.3. The van der Waals surface area contributed by atoms with Crippen LogP contribution in [0.3, 0.4) is 0 Å². The highest BCUT2D eigenvalue weighted by atomic mass is 16.3. The van der Waals surface area contributed by atoms with Gasteiger partial charge in [-0.05, 0) is 100 Å². The zero-order chi connectivity index (χ0) is 40.7. The third kappa shape index (κ3) is 5.40. The van der Waals surface area contributed by atoms with Crippen LogP contribution in [0, 0.1) is 0 Å². The first-order valence-corrected chi connectivity index (χ1v) is 21.0. The zero-order valence-corrected chi connectivity index (χ0v) is 33.4. The van der Waals surface area contributed by atoms with E-state index in [1.807, 2.05) is 24.3 Å². The van der Waals surface area contributed by atoms with E-state index in [1.165, 1.54) is 0 Å². The number of anilines is 3. The SMILES string of the molecule is c1ccc(N(c2ccc(-c3ccc4c(c3)oc3ccccc34)cc2)c2ccc(-c3ccc4oc5ccccc5c4c3)cc2)c(-c2cccc3c2oc2c4ccccc4ccc32)c1.